The van der Waals surface area contributed by atoms with Crippen LogP contribution in [-0.2, 0) is 20.2 Å². The van der Waals surface area contributed by atoms with Crippen LogP contribution in [0.15, 0.2) is 23.1 Å². The minimum Gasteiger partial charge on any atom is -0.319 e. The summed E-state index contributed by atoms with van der Waals surface area (Å²) in [5.74, 6) is -1.37. The third-order valence-corrected chi connectivity index (χ3v) is 5.97. The van der Waals surface area contributed by atoms with E-state index in [1.807, 2.05) is 13.8 Å². The first-order chi connectivity index (χ1) is 10.7. The third-order valence-electron chi connectivity index (χ3n) is 4.21. The largest absolute Gasteiger partial charge is 0.325 e. The number of nitrogens with one attached hydrogen (secondary N) is 1. The summed E-state index contributed by atoms with van der Waals surface area (Å²) in [5, 5.41) is 2.60. The number of imide groups is 1. The van der Waals surface area contributed by atoms with Crippen LogP contribution >= 0.6 is 0 Å². The maximum Gasteiger partial charge on any atom is 0.325 e. The second-order valence-corrected chi connectivity index (χ2v) is 8.43. The molecule has 0 bridgehead atoms. The Balaban J connectivity index is 2.16. The number of rotatable bonds is 2. The van der Waals surface area contributed by atoms with Crippen molar-refractivity contribution in [2.45, 2.75) is 30.7 Å². The molecule has 6 nitrogen and oxygen atoms in total. The van der Waals surface area contributed by atoms with Gasteiger partial charge in [-0.1, -0.05) is 13.8 Å². The lowest BCUT2D eigenvalue weighted by Crippen LogP contribution is -2.49. The Bertz CT molecular complexity index is 806. The van der Waals surface area contributed by atoms with Crippen LogP contribution in [0.1, 0.15) is 25.8 Å². The normalized spacial score (nSPS) is 25.8. The maximum absolute atomic E-state index is 13.7. The molecule has 1 atom stereocenters. The van der Waals surface area contributed by atoms with Crippen LogP contribution in [-0.4, -0.2) is 37.6 Å². The predicted molar refractivity (Wildman–Crippen MR) is 79.8 cm³/mol. The highest BCUT2D eigenvalue weighted by Gasteiger charge is 2.56. The number of carbonyl (C=O) groups excluding carboxylic acids is 2. The first-order valence-corrected chi connectivity index (χ1v) is 8.99. The fourth-order valence-corrected chi connectivity index (χ4v) is 4.79. The van der Waals surface area contributed by atoms with Gasteiger partial charge >= 0.3 is 6.03 Å². The Hall–Kier alpha value is -1.96. The monoisotopic (exact) mass is 340 g/mol. The van der Waals surface area contributed by atoms with Crippen molar-refractivity contribution in [2.24, 2.45) is 5.92 Å². The number of halogens is 1. The number of fused-ring (bicyclic) bond motifs is 2. The van der Waals surface area contributed by atoms with Gasteiger partial charge in [0.05, 0.1) is 10.6 Å². The summed E-state index contributed by atoms with van der Waals surface area (Å²) in [6.45, 7) is 3.96. The lowest BCUT2D eigenvalue weighted by molar-refractivity contribution is -0.132. The minimum absolute atomic E-state index is 0.0216. The molecule has 1 fully saturated rings. The molecule has 3 amide bonds. The predicted octanol–water partition coefficient (Wildman–Crippen LogP) is 1.41. The Morgan fingerprint density at radius 2 is 2.04 bits per heavy atom. The molecule has 124 valence electrons. The van der Waals surface area contributed by atoms with Gasteiger partial charge < -0.3 is 5.32 Å². The van der Waals surface area contributed by atoms with E-state index in [0.717, 1.165) is 23.1 Å². The molecule has 0 aliphatic carbocycles. The quantitative estimate of drug-likeness (QED) is 0.652. The van der Waals surface area contributed by atoms with Crippen molar-refractivity contribution in [3.05, 3.63) is 29.6 Å². The number of hydrogen-bond acceptors (Lipinski definition) is 4. The lowest BCUT2D eigenvalue weighted by Gasteiger charge is -2.33. The molecular weight excluding hydrogens is 323 g/mol. The summed E-state index contributed by atoms with van der Waals surface area (Å²) in [4.78, 5) is 26.0. The van der Waals surface area contributed by atoms with E-state index < -0.39 is 33.1 Å². The SMILES string of the molecule is CC(C)CN1C(=O)NC2(CCS(=O)(=O)c3ccc(F)cc32)C1=O. The zero-order valence-corrected chi connectivity index (χ0v) is 13.6. The van der Waals surface area contributed by atoms with Crippen LogP contribution in [0.4, 0.5) is 9.18 Å². The molecular formula is C15H17FN2O4S. The van der Waals surface area contributed by atoms with E-state index in [-0.39, 0.29) is 35.1 Å². The number of urea groups is 1. The molecule has 23 heavy (non-hydrogen) atoms. The van der Waals surface area contributed by atoms with E-state index in [1.54, 1.807) is 0 Å². The Morgan fingerprint density at radius 3 is 2.70 bits per heavy atom. The maximum atomic E-state index is 13.7. The Labute approximate surface area is 133 Å². The molecule has 1 unspecified atom stereocenters. The van der Waals surface area contributed by atoms with E-state index in [9.17, 15) is 22.4 Å². The summed E-state index contributed by atoms with van der Waals surface area (Å²) in [6, 6.07) is 2.66. The van der Waals surface area contributed by atoms with Gasteiger partial charge in [-0.25, -0.2) is 17.6 Å². The second kappa shape index (κ2) is 5.02. The molecule has 0 radical (unpaired) electrons. The Morgan fingerprint density at radius 1 is 1.35 bits per heavy atom. The number of hydrogen-bond donors (Lipinski definition) is 1. The molecule has 1 N–H and O–H groups in total. The first kappa shape index (κ1) is 15.9. The van der Waals surface area contributed by atoms with E-state index in [0.29, 0.717) is 0 Å². The second-order valence-electron chi connectivity index (χ2n) is 6.35. The molecule has 1 spiro atoms. The fraction of sp³-hybridized carbons (Fsp3) is 0.467. The van der Waals surface area contributed by atoms with Gasteiger partial charge in [0, 0.05) is 12.1 Å². The Kier molecular flexibility index (Phi) is 3.47. The molecule has 8 heteroatoms. The van der Waals surface area contributed by atoms with Crippen molar-refractivity contribution in [3.8, 4) is 0 Å². The van der Waals surface area contributed by atoms with Crippen molar-refractivity contribution < 1.29 is 22.4 Å². The highest BCUT2D eigenvalue weighted by molar-refractivity contribution is 7.91. The van der Waals surface area contributed by atoms with Gasteiger partial charge in [-0.15, -0.1) is 0 Å². The van der Waals surface area contributed by atoms with Crippen LogP contribution < -0.4 is 5.32 Å². The van der Waals surface area contributed by atoms with Crippen molar-refractivity contribution in [2.75, 3.05) is 12.3 Å². The zero-order chi connectivity index (χ0) is 17.0. The van der Waals surface area contributed by atoms with Crippen molar-refractivity contribution in [3.63, 3.8) is 0 Å². The number of carbonyl (C=O) groups is 2. The molecule has 0 saturated carbocycles. The molecule has 1 saturated heterocycles. The van der Waals surface area contributed by atoms with Crippen LogP contribution in [0, 0.1) is 11.7 Å². The number of sulfone groups is 1. The van der Waals surface area contributed by atoms with Crippen LogP contribution in [0.25, 0.3) is 0 Å². The van der Waals surface area contributed by atoms with Crippen LogP contribution in [0.2, 0.25) is 0 Å². The van der Waals surface area contributed by atoms with Crippen molar-refractivity contribution in [1.82, 2.24) is 10.2 Å². The van der Waals surface area contributed by atoms with Gasteiger partial charge in [0.25, 0.3) is 5.91 Å². The average Bonchev–Trinajstić information content (AvgIpc) is 2.68. The lowest BCUT2D eigenvalue weighted by atomic mass is 9.86. The number of benzene rings is 1. The van der Waals surface area contributed by atoms with Crippen LogP contribution in [0.5, 0.6) is 0 Å². The van der Waals surface area contributed by atoms with Crippen molar-refractivity contribution in [1.29, 1.82) is 0 Å². The van der Waals surface area contributed by atoms with Gasteiger partial charge in [0.15, 0.2) is 9.84 Å². The summed E-state index contributed by atoms with van der Waals surface area (Å²) < 4.78 is 38.1. The number of amides is 3. The molecule has 1 aromatic carbocycles. The summed E-state index contributed by atoms with van der Waals surface area (Å²) in [5.41, 5.74) is -1.47. The molecule has 3 rings (SSSR count). The van der Waals surface area contributed by atoms with Gasteiger partial charge in [0.1, 0.15) is 11.4 Å². The summed E-state index contributed by atoms with van der Waals surface area (Å²) >= 11 is 0. The average molecular weight is 340 g/mol. The van der Waals surface area contributed by atoms with E-state index in [1.165, 1.54) is 0 Å². The van der Waals surface area contributed by atoms with E-state index in [4.69, 9.17) is 0 Å². The van der Waals surface area contributed by atoms with Gasteiger partial charge in [-0.3, -0.25) is 9.69 Å². The minimum atomic E-state index is -3.59. The zero-order valence-electron chi connectivity index (χ0n) is 12.8. The van der Waals surface area contributed by atoms with E-state index >= 15 is 0 Å². The summed E-state index contributed by atoms with van der Waals surface area (Å²) in [7, 11) is -3.59. The molecule has 2 aliphatic heterocycles. The molecule has 0 aromatic heterocycles. The first-order valence-electron chi connectivity index (χ1n) is 7.34. The molecule has 1 aromatic rings. The smallest absolute Gasteiger partial charge is 0.319 e. The highest BCUT2D eigenvalue weighted by atomic mass is 32.2. The van der Waals surface area contributed by atoms with Gasteiger partial charge in [-0.05, 0) is 30.5 Å². The summed E-state index contributed by atoms with van der Waals surface area (Å²) in [6.07, 6.45) is -0.0923. The van der Waals surface area contributed by atoms with Crippen LogP contribution in [0.3, 0.4) is 0 Å². The molecule has 2 aliphatic rings. The molecule has 2 heterocycles. The fourth-order valence-electron chi connectivity index (χ4n) is 3.15. The highest BCUT2D eigenvalue weighted by Crippen LogP contribution is 2.41. The van der Waals surface area contributed by atoms with E-state index in [2.05, 4.69) is 5.32 Å². The topological polar surface area (TPSA) is 83.6 Å². The van der Waals surface area contributed by atoms with Crippen molar-refractivity contribution >= 4 is 21.8 Å². The third kappa shape index (κ3) is 2.32. The number of nitrogens with zero attached hydrogens (tertiary/aromatic N) is 1. The van der Waals surface area contributed by atoms with Gasteiger partial charge in [0.2, 0.25) is 0 Å². The standard InChI is InChI=1S/C15H17FN2O4S/c1-9(2)8-18-13(19)15(17-14(18)20)5-6-23(21,22)12-4-3-10(16)7-11(12)15/h3-4,7,9H,5-6,8H2,1-2H3,(H,17,20). The van der Waals surface area contributed by atoms with Gasteiger partial charge in [-0.2, -0.15) is 0 Å².